The van der Waals surface area contributed by atoms with Crippen LogP contribution in [0, 0.1) is 0 Å². The molecule has 5 nitrogen and oxygen atoms in total. The summed E-state index contributed by atoms with van der Waals surface area (Å²) in [5.74, 6) is 0.216. The third-order valence-corrected chi connectivity index (χ3v) is 3.99. The van der Waals surface area contributed by atoms with Crippen molar-refractivity contribution >= 4 is 5.97 Å². The minimum atomic E-state index is -0.478. The van der Waals surface area contributed by atoms with E-state index in [0.29, 0.717) is 22.6 Å². The minimum absolute atomic E-state index is 0.244. The highest BCUT2D eigenvalue weighted by Crippen LogP contribution is 2.31. The van der Waals surface area contributed by atoms with Gasteiger partial charge in [0.1, 0.15) is 5.75 Å². The zero-order valence-corrected chi connectivity index (χ0v) is 14.6. The van der Waals surface area contributed by atoms with Gasteiger partial charge in [-0.05, 0) is 30.2 Å². The fourth-order valence-corrected chi connectivity index (χ4v) is 2.79. The highest BCUT2D eigenvalue weighted by molar-refractivity contribution is 6.03. The zero-order valence-electron chi connectivity index (χ0n) is 14.6. The van der Waals surface area contributed by atoms with E-state index in [1.807, 2.05) is 42.5 Å². The molecule has 0 saturated carbocycles. The van der Waals surface area contributed by atoms with Gasteiger partial charge in [-0.15, -0.1) is 0 Å². The van der Waals surface area contributed by atoms with E-state index in [2.05, 4.69) is 4.98 Å². The number of hydrogen-bond acceptors (Lipinski definition) is 4. The molecule has 5 heteroatoms. The van der Waals surface area contributed by atoms with E-state index < -0.39 is 5.97 Å². The van der Waals surface area contributed by atoms with Crippen LogP contribution in [0.5, 0.6) is 5.75 Å². The van der Waals surface area contributed by atoms with E-state index in [1.54, 1.807) is 26.2 Å². The Kier molecular flexibility index (Phi) is 5.17. The van der Waals surface area contributed by atoms with Crippen LogP contribution < -0.4 is 10.3 Å². The third kappa shape index (κ3) is 3.52. The molecular weight excluding hydrogens is 330 g/mol. The van der Waals surface area contributed by atoms with Gasteiger partial charge < -0.3 is 14.5 Å². The summed E-state index contributed by atoms with van der Waals surface area (Å²) in [7, 11) is 1.58. The molecule has 1 heterocycles. The number of esters is 1. The summed E-state index contributed by atoms with van der Waals surface area (Å²) >= 11 is 0. The van der Waals surface area contributed by atoms with Gasteiger partial charge in [-0.3, -0.25) is 4.79 Å². The van der Waals surface area contributed by atoms with Crippen molar-refractivity contribution in [3.05, 3.63) is 76.6 Å². The van der Waals surface area contributed by atoms with Crippen molar-refractivity contribution in [2.75, 3.05) is 13.7 Å². The van der Waals surface area contributed by atoms with E-state index in [4.69, 9.17) is 9.47 Å². The van der Waals surface area contributed by atoms with Gasteiger partial charge in [-0.2, -0.15) is 0 Å². The maximum Gasteiger partial charge on any atom is 0.340 e. The molecule has 3 aromatic rings. The molecular formula is C21H19NO4. The lowest BCUT2D eigenvalue weighted by atomic mass is 9.96. The van der Waals surface area contributed by atoms with Gasteiger partial charge in [-0.25, -0.2) is 4.79 Å². The Morgan fingerprint density at radius 3 is 2.31 bits per heavy atom. The summed E-state index contributed by atoms with van der Waals surface area (Å²) in [6.45, 7) is 1.99. The molecule has 0 aliphatic heterocycles. The second kappa shape index (κ2) is 7.70. The summed E-state index contributed by atoms with van der Waals surface area (Å²) < 4.78 is 10.4. The van der Waals surface area contributed by atoms with Gasteiger partial charge in [-0.1, -0.05) is 42.5 Å². The Labute approximate surface area is 151 Å². The van der Waals surface area contributed by atoms with Crippen molar-refractivity contribution in [2.24, 2.45) is 0 Å². The van der Waals surface area contributed by atoms with Crippen LogP contribution in [0.3, 0.4) is 0 Å². The first-order valence-electron chi connectivity index (χ1n) is 8.28. The van der Waals surface area contributed by atoms with Gasteiger partial charge in [0.2, 0.25) is 5.56 Å². The van der Waals surface area contributed by atoms with Crippen LogP contribution in [0.2, 0.25) is 0 Å². The second-order valence-electron chi connectivity index (χ2n) is 5.61. The van der Waals surface area contributed by atoms with E-state index in [1.165, 1.54) is 6.07 Å². The smallest absolute Gasteiger partial charge is 0.340 e. The molecule has 0 saturated heterocycles. The molecule has 132 valence electrons. The summed E-state index contributed by atoms with van der Waals surface area (Å²) in [4.78, 5) is 27.8. The first kappa shape index (κ1) is 17.5. The Morgan fingerprint density at radius 2 is 1.69 bits per heavy atom. The number of hydrogen-bond donors (Lipinski definition) is 1. The van der Waals surface area contributed by atoms with Gasteiger partial charge in [0.15, 0.2) is 0 Å². The summed E-state index contributed by atoms with van der Waals surface area (Å²) in [6.07, 6.45) is 0. The van der Waals surface area contributed by atoms with Crippen LogP contribution in [0.15, 0.2) is 65.5 Å². The largest absolute Gasteiger partial charge is 0.497 e. The molecule has 1 N–H and O–H groups in total. The summed E-state index contributed by atoms with van der Waals surface area (Å²) in [5.41, 5.74) is 2.49. The molecule has 0 amide bonds. The fourth-order valence-electron chi connectivity index (χ4n) is 2.79. The number of aromatic nitrogens is 1. The van der Waals surface area contributed by atoms with Crippen LogP contribution in [-0.4, -0.2) is 24.7 Å². The molecule has 0 atom stereocenters. The lowest BCUT2D eigenvalue weighted by molar-refractivity contribution is 0.0528. The summed E-state index contributed by atoms with van der Waals surface area (Å²) in [6, 6.07) is 17.9. The average molecular weight is 349 g/mol. The Hall–Kier alpha value is -3.34. The Morgan fingerprint density at radius 1 is 1.00 bits per heavy atom. The molecule has 26 heavy (non-hydrogen) atoms. The number of ether oxygens (including phenoxy) is 2. The topological polar surface area (TPSA) is 68.4 Å². The lowest BCUT2D eigenvalue weighted by Crippen LogP contribution is -2.15. The predicted octanol–water partition coefficient (Wildman–Crippen LogP) is 3.89. The van der Waals surface area contributed by atoms with Crippen molar-refractivity contribution in [3.8, 4) is 28.1 Å². The number of carbonyl (C=O) groups excluding carboxylic acids is 1. The highest BCUT2D eigenvalue weighted by Gasteiger charge is 2.21. The SMILES string of the molecule is CCOC(=O)c1c(-c2ccc(OC)cc2)cc(=O)[nH]c1-c1ccccc1. The second-order valence-corrected chi connectivity index (χ2v) is 5.61. The molecule has 0 aliphatic rings. The number of H-pyrrole nitrogens is 1. The number of pyridine rings is 1. The Balaban J connectivity index is 2.27. The van der Waals surface area contributed by atoms with Crippen molar-refractivity contribution in [3.63, 3.8) is 0 Å². The van der Waals surface area contributed by atoms with Crippen LogP contribution in [-0.2, 0) is 4.74 Å². The highest BCUT2D eigenvalue weighted by atomic mass is 16.5. The standard InChI is InChI=1S/C21H19NO4/c1-3-26-21(24)19-17(14-9-11-16(25-2)12-10-14)13-18(23)22-20(19)15-7-5-4-6-8-15/h4-13H,3H2,1-2H3,(H,22,23). The van der Waals surface area contributed by atoms with Crippen molar-refractivity contribution in [1.82, 2.24) is 4.98 Å². The van der Waals surface area contributed by atoms with E-state index in [9.17, 15) is 9.59 Å². The van der Waals surface area contributed by atoms with E-state index >= 15 is 0 Å². The van der Waals surface area contributed by atoms with Crippen LogP contribution in [0.4, 0.5) is 0 Å². The number of aromatic amines is 1. The fraction of sp³-hybridized carbons (Fsp3) is 0.143. The molecule has 3 rings (SSSR count). The monoisotopic (exact) mass is 349 g/mol. The first-order chi connectivity index (χ1) is 12.6. The van der Waals surface area contributed by atoms with Crippen LogP contribution in [0.25, 0.3) is 22.4 Å². The normalized spacial score (nSPS) is 10.4. The number of methoxy groups -OCH3 is 1. The van der Waals surface area contributed by atoms with Gasteiger partial charge in [0.05, 0.1) is 25.0 Å². The predicted molar refractivity (Wildman–Crippen MR) is 100 cm³/mol. The van der Waals surface area contributed by atoms with Crippen LogP contribution in [0.1, 0.15) is 17.3 Å². The summed E-state index contributed by atoms with van der Waals surface area (Å²) in [5, 5.41) is 0. The Bertz CT molecular complexity index is 960. The van der Waals surface area contributed by atoms with Gasteiger partial charge in [0, 0.05) is 11.6 Å². The molecule has 0 spiro atoms. The average Bonchev–Trinajstić information content (AvgIpc) is 2.68. The number of nitrogens with one attached hydrogen (secondary N) is 1. The first-order valence-corrected chi connectivity index (χ1v) is 8.28. The van der Waals surface area contributed by atoms with E-state index in [-0.39, 0.29) is 12.2 Å². The minimum Gasteiger partial charge on any atom is -0.497 e. The quantitative estimate of drug-likeness (QED) is 0.710. The molecule has 0 fully saturated rings. The molecule has 0 bridgehead atoms. The van der Waals surface area contributed by atoms with E-state index in [0.717, 1.165) is 11.1 Å². The maximum absolute atomic E-state index is 12.7. The van der Waals surface area contributed by atoms with Gasteiger partial charge in [0.25, 0.3) is 0 Å². The maximum atomic E-state index is 12.7. The number of carbonyl (C=O) groups is 1. The van der Waals surface area contributed by atoms with Crippen LogP contribution >= 0.6 is 0 Å². The number of rotatable bonds is 5. The van der Waals surface area contributed by atoms with Crippen molar-refractivity contribution in [2.45, 2.75) is 6.92 Å². The lowest BCUT2D eigenvalue weighted by Gasteiger charge is -2.14. The van der Waals surface area contributed by atoms with Crippen molar-refractivity contribution < 1.29 is 14.3 Å². The molecule has 0 unspecified atom stereocenters. The molecule has 0 radical (unpaired) electrons. The molecule has 0 aliphatic carbocycles. The number of benzene rings is 2. The van der Waals surface area contributed by atoms with Gasteiger partial charge >= 0.3 is 5.97 Å². The molecule has 2 aromatic carbocycles. The van der Waals surface area contributed by atoms with Crippen molar-refractivity contribution in [1.29, 1.82) is 0 Å². The zero-order chi connectivity index (χ0) is 18.5. The molecule has 1 aromatic heterocycles. The third-order valence-electron chi connectivity index (χ3n) is 3.99.